The third-order valence-corrected chi connectivity index (χ3v) is 3.62. The van der Waals surface area contributed by atoms with Crippen LogP contribution in [-0.2, 0) is 0 Å². The highest BCUT2D eigenvalue weighted by Crippen LogP contribution is 2.30. The molecule has 0 aliphatic carbocycles. The molecule has 2 rings (SSSR count). The van der Waals surface area contributed by atoms with Gasteiger partial charge in [-0.2, -0.15) is 0 Å². The Balaban J connectivity index is 2.30. The lowest BCUT2D eigenvalue weighted by molar-refractivity contribution is 0.102. The normalized spacial score (nSPS) is 10.4. The van der Waals surface area contributed by atoms with Gasteiger partial charge in [0.1, 0.15) is 5.82 Å². The number of nitrogens with two attached hydrogens (primary N) is 1. The van der Waals surface area contributed by atoms with E-state index in [-0.39, 0.29) is 10.6 Å². The Bertz CT molecular complexity index is 668. The predicted octanol–water partition coefficient (Wildman–Crippen LogP) is 4.38. The monoisotopic (exact) mass is 356 g/mol. The van der Waals surface area contributed by atoms with Crippen LogP contribution in [0.3, 0.4) is 0 Å². The number of carbonyl (C=O) groups is 1. The first-order chi connectivity index (χ1) is 9.38. The zero-order chi connectivity index (χ0) is 14.9. The SMILES string of the molecule is Cc1cc(N)c(NC(=O)c2ccc(Cl)c(F)c2)c(Br)c1. The van der Waals surface area contributed by atoms with Crippen molar-refractivity contribution in [1.29, 1.82) is 0 Å². The van der Waals surface area contributed by atoms with Gasteiger partial charge in [0.25, 0.3) is 5.91 Å². The van der Waals surface area contributed by atoms with Crippen LogP contribution in [0.2, 0.25) is 5.02 Å². The standard InChI is InChI=1S/C14H11BrClFN2O/c1-7-4-9(15)13(12(18)5-7)19-14(20)8-2-3-10(16)11(17)6-8/h2-6H,18H2,1H3,(H,19,20). The highest BCUT2D eigenvalue weighted by molar-refractivity contribution is 9.10. The van der Waals surface area contributed by atoms with Gasteiger partial charge in [-0.3, -0.25) is 4.79 Å². The molecule has 0 aromatic heterocycles. The largest absolute Gasteiger partial charge is 0.397 e. The molecule has 2 aromatic rings. The molecule has 1 amide bonds. The van der Waals surface area contributed by atoms with Crippen molar-refractivity contribution >= 4 is 44.8 Å². The molecule has 0 bridgehead atoms. The maximum atomic E-state index is 13.3. The minimum atomic E-state index is -0.643. The predicted molar refractivity (Wildman–Crippen MR) is 82.7 cm³/mol. The Morgan fingerprint density at radius 3 is 2.65 bits per heavy atom. The molecule has 6 heteroatoms. The van der Waals surface area contributed by atoms with E-state index in [2.05, 4.69) is 21.2 Å². The number of hydrogen-bond acceptors (Lipinski definition) is 2. The number of amides is 1. The Kier molecular flexibility index (Phi) is 4.30. The van der Waals surface area contributed by atoms with Crippen molar-refractivity contribution < 1.29 is 9.18 Å². The van der Waals surface area contributed by atoms with E-state index in [0.29, 0.717) is 15.8 Å². The van der Waals surface area contributed by atoms with E-state index in [1.807, 2.05) is 13.0 Å². The van der Waals surface area contributed by atoms with E-state index >= 15 is 0 Å². The molecule has 20 heavy (non-hydrogen) atoms. The van der Waals surface area contributed by atoms with E-state index < -0.39 is 11.7 Å². The van der Waals surface area contributed by atoms with Crippen LogP contribution in [-0.4, -0.2) is 5.91 Å². The molecule has 0 unspecified atom stereocenters. The summed E-state index contributed by atoms with van der Waals surface area (Å²) in [6.07, 6.45) is 0. The number of carbonyl (C=O) groups excluding carboxylic acids is 1. The average molecular weight is 358 g/mol. The van der Waals surface area contributed by atoms with Gasteiger partial charge in [-0.15, -0.1) is 0 Å². The molecule has 0 atom stereocenters. The molecule has 104 valence electrons. The van der Waals surface area contributed by atoms with Crippen molar-refractivity contribution in [3.8, 4) is 0 Å². The summed E-state index contributed by atoms with van der Waals surface area (Å²) in [5, 5.41) is 2.62. The van der Waals surface area contributed by atoms with E-state index in [9.17, 15) is 9.18 Å². The second-order valence-electron chi connectivity index (χ2n) is 4.29. The number of benzene rings is 2. The van der Waals surface area contributed by atoms with E-state index in [0.717, 1.165) is 11.6 Å². The second-order valence-corrected chi connectivity index (χ2v) is 5.56. The molecule has 0 aliphatic heterocycles. The minimum Gasteiger partial charge on any atom is -0.397 e. The number of nitrogens with one attached hydrogen (secondary N) is 1. The molecule has 0 spiro atoms. The third-order valence-electron chi connectivity index (χ3n) is 2.69. The molecule has 0 aliphatic rings. The maximum absolute atomic E-state index is 13.3. The Morgan fingerprint density at radius 1 is 1.35 bits per heavy atom. The molecule has 2 aromatic carbocycles. The van der Waals surface area contributed by atoms with Gasteiger partial charge in [0.15, 0.2) is 0 Å². The van der Waals surface area contributed by atoms with Crippen LogP contribution in [0.5, 0.6) is 0 Å². The summed E-state index contributed by atoms with van der Waals surface area (Å²) < 4.78 is 14.0. The van der Waals surface area contributed by atoms with Gasteiger partial charge in [-0.05, 0) is 58.7 Å². The summed E-state index contributed by atoms with van der Waals surface area (Å²) in [5.74, 6) is -1.10. The Morgan fingerprint density at radius 2 is 2.05 bits per heavy atom. The maximum Gasteiger partial charge on any atom is 0.255 e. The molecule has 0 saturated carbocycles. The fraction of sp³-hybridized carbons (Fsp3) is 0.0714. The topological polar surface area (TPSA) is 55.1 Å². The van der Waals surface area contributed by atoms with Crippen LogP contribution in [0.25, 0.3) is 0 Å². The van der Waals surface area contributed by atoms with Crippen LogP contribution < -0.4 is 11.1 Å². The van der Waals surface area contributed by atoms with Gasteiger partial charge in [0, 0.05) is 10.0 Å². The molecule has 0 fully saturated rings. The summed E-state index contributed by atoms with van der Waals surface area (Å²) in [7, 11) is 0. The smallest absolute Gasteiger partial charge is 0.255 e. The first kappa shape index (κ1) is 14.8. The van der Waals surface area contributed by atoms with Gasteiger partial charge >= 0.3 is 0 Å². The summed E-state index contributed by atoms with van der Waals surface area (Å²) in [5.41, 5.74) is 7.88. The van der Waals surface area contributed by atoms with Crippen molar-refractivity contribution in [2.75, 3.05) is 11.1 Å². The van der Waals surface area contributed by atoms with Crippen molar-refractivity contribution in [2.24, 2.45) is 0 Å². The lowest BCUT2D eigenvalue weighted by Gasteiger charge is -2.11. The molecule has 3 N–H and O–H groups in total. The number of hydrogen-bond donors (Lipinski definition) is 2. The third kappa shape index (κ3) is 3.11. The number of nitrogen functional groups attached to an aromatic ring is 1. The van der Waals surface area contributed by atoms with Crippen molar-refractivity contribution in [3.63, 3.8) is 0 Å². The number of halogens is 3. The van der Waals surface area contributed by atoms with Gasteiger partial charge in [-0.1, -0.05) is 11.6 Å². The average Bonchev–Trinajstić information content (AvgIpc) is 2.36. The number of aryl methyl sites for hydroxylation is 1. The van der Waals surface area contributed by atoms with Crippen LogP contribution in [0.15, 0.2) is 34.8 Å². The second kappa shape index (κ2) is 5.81. The van der Waals surface area contributed by atoms with Crippen molar-refractivity contribution in [3.05, 3.63) is 56.8 Å². The van der Waals surface area contributed by atoms with Crippen molar-refractivity contribution in [2.45, 2.75) is 6.92 Å². The van der Waals surface area contributed by atoms with Crippen LogP contribution in [0.4, 0.5) is 15.8 Å². The van der Waals surface area contributed by atoms with Gasteiger partial charge in [0.05, 0.1) is 16.4 Å². The van der Waals surface area contributed by atoms with Gasteiger partial charge < -0.3 is 11.1 Å². The molecular weight excluding hydrogens is 347 g/mol. The Labute approximate surface area is 129 Å². The molecule has 3 nitrogen and oxygen atoms in total. The lowest BCUT2D eigenvalue weighted by Crippen LogP contribution is -2.14. The Hall–Kier alpha value is -1.59. The molecular formula is C14H11BrClFN2O. The lowest BCUT2D eigenvalue weighted by atomic mass is 10.1. The molecule has 0 heterocycles. The van der Waals surface area contributed by atoms with Crippen LogP contribution >= 0.6 is 27.5 Å². The summed E-state index contributed by atoms with van der Waals surface area (Å²) in [6, 6.07) is 7.42. The summed E-state index contributed by atoms with van der Waals surface area (Å²) in [6.45, 7) is 1.89. The first-order valence-corrected chi connectivity index (χ1v) is 6.87. The van der Waals surface area contributed by atoms with Crippen LogP contribution in [0.1, 0.15) is 15.9 Å². The zero-order valence-electron chi connectivity index (χ0n) is 10.5. The molecule has 0 radical (unpaired) electrons. The van der Waals surface area contributed by atoms with E-state index in [1.54, 1.807) is 6.07 Å². The highest BCUT2D eigenvalue weighted by Gasteiger charge is 2.13. The van der Waals surface area contributed by atoms with E-state index in [1.165, 1.54) is 12.1 Å². The summed E-state index contributed by atoms with van der Waals surface area (Å²) in [4.78, 5) is 12.1. The summed E-state index contributed by atoms with van der Waals surface area (Å²) >= 11 is 8.91. The number of anilines is 2. The fourth-order valence-electron chi connectivity index (χ4n) is 1.72. The first-order valence-electron chi connectivity index (χ1n) is 5.70. The zero-order valence-corrected chi connectivity index (χ0v) is 12.8. The van der Waals surface area contributed by atoms with Gasteiger partial charge in [-0.25, -0.2) is 4.39 Å². The highest BCUT2D eigenvalue weighted by atomic mass is 79.9. The quantitative estimate of drug-likeness (QED) is 0.783. The number of rotatable bonds is 2. The fourth-order valence-corrected chi connectivity index (χ4v) is 2.53. The van der Waals surface area contributed by atoms with Gasteiger partial charge in [0.2, 0.25) is 0 Å². The van der Waals surface area contributed by atoms with Crippen LogP contribution in [0, 0.1) is 12.7 Å². The molecule has 0 saturated heterocycles. The van der Waals surface area contributed by atoms with Crippen molar-refractivity contribution in [1.82, 2.24) is 0 Å². The minimum absolute atomic E-state index is 0.0300. The van der Waals surface area contributed by atoms with E-state index in [4.69, 9.17) is 17.3 Å².